The van der Waals surface area contributed by atoms with Crippen molar-refractivity contribution in [2.75, 3.05) is 40.9 Å². The van der Waals surface area contributed by atoms with Crippen molar-refractivity contribution < 1.29 is 32.9 Å². The summed E-state index contributed by atoms with van der Waals surface area (Å²) in [6.07, 6.45) is 42.1. The molecule has 0 spiro atoms. The largest absolute Gasteiger partial charge is 0.472 e. The quantitative estimate of drug-likeness (QED) is 0.0251. The van der Waals surface area contributed by atoms with Crippen LogP contribution in [-0.4, -0.2) is 73.4 Å². The third kappa shape index (κ3) is 37.1. The molecule has 8 nitrogen and oxygen atoms in total. The Bertz CT molecular complexity index is 948. The molecule has 52 heavy (non-hydrogen) atoms. The molecule has 3 atom stereocenters. The van der Waals surface area contributed by atoms with Crippen molar-refractivity contribution in [3.05, 3.63) is 36.5 Å². The zero-order chi connectivity index (χ0) is 38.6. The minimum Gasteiger partial charge on any atom is -0.387 e. The third-order valence-electron chi connectivity index (χ3n) is 9.34. The van der Waals surface area contributed by atoms with Gasteiger partial charge in [0, 0.05) is 6.42 Å². The topological polar surface area (TPSA) is 105 Å². The number of rotatable bonds is 38. The molecule has 0 aliphatic heterocycles. The molecule has 0 heterocycles. The molecule has 0 radical (unpaired) electrons. The minimum absolute atomic E-state index is 0.0544. The first-order valence-electron chi connectivity index (χ1n) is 21.4. The molecule has 1 amide bonds. The number of aliphatic hydroxyl groups excluding tert-OH is 1. The number of hydrogen-bond acceptors (Lipinski definition) is 5. The van der Waals surface area contributed by atoms with Gasteiger partial charge in [-0.3, -0.25) is 13.8 Å². The first-order valence-corrected chi connectivity index (χ1v) is 22.9. The number of phosphoric acid groups is 1. The molecule has 306 valence electrons. The minimum atomic E-state index is -4.34. The summed E-state index contributed by atoms with van der Waals surface area (Å²) in [5.41, 5.74) is 0. The summed E-state index contributed by atoms with van der Waals surface area (Å²) in [6.45, 7) is 4.77. The number of quaternary nitrogens is 1. The Morgan fingerprint density at radius 3 is 1.54 bits per heavy atom. The summed E-state index contributed by atoms with van der Waals surface area (Å²) >= 11 is 0. The van der Waals surface area contributed by atoms with E-state index in [2.05, 4.69) is 43.5 Å². The number of hydrogen-bond donors (Lipinski definition) is 3. The smallest absolute Gasteiger partial charge is 0.387 e. The number of carbonyl (C=O) groups is 1. The highest BCUT2D eigenvalue weighted by Gasteiger charge is 2.27. The molecule has 0 rings (SSSR count). The standard InChI is InChI=1S/C43H83N2O6P/c1-6-8-10-12-14-16-18-20-21-22-23-25-26-28-30-32-34-36-42(46)41(40-51-52(48,49)50-39-38-45(3,4)5)44-43(47)37-35-33-31-29-27-24-19-17-15-13-11-9-7-2/h21-22,26,28,34,36,41-42,46H,6-20,23-25,27,29-33,35,37-40H2,1-5H3,(H-,44,47,48,49)/p+1/b22-21+,28-26+,36-34+. The highest BCUT2D eigenvalue weighted by atomic mass is 31.2. The van der Waals surface area contributed by atoms with Crippen LogP contribution in [0.25, 0.3) is 0 Å². The number of likely N-dealkylation sites (N-methyl/N-ethyl adjacent to an activating group) is 1. The number of unbranched alkanes of at least 4 members (excludes halogenated alkanes) is 21. The molecule has 0 saturated heterocycles. The van der Waals surface area contributed by atoms with Crippen molar-refractivity contribution in [3.63, 3.8) is 0 Å². The monoisotopic (exact) mass is 756 g/mol. The fourth-order valence-electron chi connectivity index (χ4n) is 5.90. The van der Waals surface area contributed by atoms with E-state index in [1.165, 1.54) is 116 Å². The maximum Gasteiger partial charge on any atom is 0.472 e. The second-order valence-electron chi connectivity index (χ2n) is 15.7. The highest BCUT2D eigenvalue weighted by molar-refractivity contribution is 7.47. The summed E-state index contributed by atoms with van der Waals surface area (Å²) in [5, 5.41) is 13.8. The van der Waals surface area contributed by atoms with Gasteiger partial charge in [0.2, 0.25) is 5.91 Å². The molecular formula is C43H84N2O6P+. The number of carbonyl (C=O) groups excluding carboxylic acids is 1. The summed E-state index contributed by atoms with van der Waals surface area (Å²) in [7, 11) is 1.55. The lowest BCUT2D eigenvalue weighted by Gasteiger charge is -2.25. The summed E-state index contributed by atoms with van der Waals surface area (Å²) in [6, 6.07) is -0.864. The normalized spacial score (nSPS) is 14.8. The van der Waals surface area contributed by atoms with Crippen LogP contribution in [0.15, 0.2) is 36.5 Å². The molecule has 0 aromatic rings. The Labute approximate surface area is 321 Å². The maximum absolute atomic E-state index is 12.8. The van der Waals surface area contributed by atoms with E-state index < -0.39 is 20.0 Å². The fraction of sp³-hybridized carbons (Fsp3) is 0.837. The summed E-state index contributed by atoms with van der Waals surface area (Å²) < 4.78 is 23.5. The van der Waals surface area contributed by atoms with Crippen LogP contribution in [0.1, 0.15) is 181 Å². The van der Waals surface area contributed by atoms with Crippen LogP contribution in [0.5, 0.6) is 0 Å². The Hall–Kier alpha value is -1.28. The van der Waals surface area contributed by atoms with Gasteiger partial charge in [0.05, 0.1) is 39.9 Å². The van der Waals surface area contributed by atoms with Gasteiger partial charge in [-0.15, -0.1) is 0 Å². The molecule has 0 aromatic heterocycles. The van der Waals surface area contributed by atoms with Crippen LogP contribution >= 0.6 is 7.82 Å². The maximum atomic E-state index is 12.8. The predicted octanol–water partition coefficient (Wildman–Crippen LogP) is 11.5. The summed E-state index contributed by atoms with van der Waals surface area (Å²) in [4.78, 5) is 23.0. The van der Waals surface area contributed by atoms with Gasteiger partial charge >= 0.3 is 7.82 Å². The van der Waals surface area contributed by atoms with Gasteiger partial charge in [0.1, 0.15) is 13.2 Å². The van der Waals surface area contributed by atoms with Crippen LogP contribution in [0, 0.1) is 0 Å². The van der Waals surface area contributed by atoms with Gasteiger partial charge < -0.3 is 19.8 Å². The highest BCUT2D eigenvalue weighted by Crippen LogP contribution is 2.43. The molecule has 0 fully saturated rings. The van der Waals surface area contributed by atoms with Crippen LogP contribution < -0.4 is 5.32 Å². The van der Waals surface area contributed by atoms with E-state index in [0.717, 1.165) is 44.9 Å². The third-order valence-corrected chi connectivity index (χ3v) is 10.3. The van der Waals surface area contributed by atoms with E-state index in [0.29, 0.717) is 17.4 Å². The number of aliphatic hydroxyl groups is 1. The number of allylic oxidation sites excluding steroid dienone is 5. The molecule has 0 bridgehead atoms. The Kier molecular flexibility index (Phi) is 34.6. The van der Waals surface area contributed by atoms with Crippen LogP contribution in [0.3, 0.4) is 0 Å². The summed E-state index contributed by atoms with van der Waals surface area (Å²) in [5.74, 6) is -0.192. The van der Waals surface area contributed by atoms with Crippen molar-refractivity contribution in [2.45, 2.75) is 193 Å². The Morgan fingerprint density at radius 1 is 0.635 bits per heavy atom. The van der Waals surface area contributed by atoms with Gasteiger partial charge in [-0.25, -0.2) is 4.57 Å². The second kappa shape index (κ2) is 35.4. The first-order chi connectivity index (χ1) is 25.0. The fourth-order valence-corrected chi connectivity index (χ4v) is 6.63. The van der Waals surface area contributed by atoms with E-state index in [4.69, 9.17) is 9.05 Å². The van der Waals surface area contributed by atoms with Crippen LogP contribution in [0.4, 0.5) is 0 Å². The zero-order valence-electron chi connectivity index (χ0n) is 34.5. The van der Waals surface area contributed by atoms with E-state index >= 15 is 0 Å². The number of amides is 1. The van der Waals surface area contributed by atoms with Crippen LogP contribution in [0.2, 0.25) is 0 Å². The Morgan fingerprint density at radius 2 is 1.06 bits per heavy atom. The van der Waals surface area contributed by atoms with Gasteiger partial charge in [-0.1, -0.05) is 166 Å². The molecule has 3 N–H and O–H groups in total. The second-order valence-corrected chi connectivity index (χ2v) is 17.2. The van der Waals surface area contributed by atoms with Gasteiger partial charge in [0.15, 0.2) is 0 Å². The van der Waals surface area contributed by atoms with Gasteiger partial charge in [-0.05, 0) is 44.9 Å². The SMILES string of the molecule is CCCCCCCCC/C=C/CC/C=C/CC/C=C/C(O)C(COP(=O)(O)OCC[N+](C)(C)C)NC(=O)CCCCCCCCCCCCCCC. The molecule has 0 saturated carbocycles. The zero-order valence-corrected chi connectivity index (χ0v) is 35.4. The molecule has 0 aliphatic carbocycles. The molecule has 0 aromatic carbocycles. The number of nitrogens with one attached hydrogen (secondary N) is 1. The van der Waals surface area contributed by atoms with Crippen molar-refractivity contribution >= 4 is 13.7 Å². The average Bonchev–Trinajstić information content (AvgIpc) is 3.09. The van der Waals surface area contributed by atoms with Gasteiger partial charge in [0.25, 0.3) is 0 Å². The molecule has 9 heteroatoms. The molecule has 0 aliphatic rings. The number of phosphoric ester groups is 1. The van der Waals surface area contributed by atoms with Gasteiger partial charge in [-0.2, -0.15) is 0 Å². The first kappa shape index (κ1) is 50.7. The molecular weight excluding hydrogens is 671 g/mol. The lowest BCUT2D eigenvalue weighted by atomic mass is 10.0. The van der Waals surface area contributed by atoms with E-state index in [1.54, 1.807) is 6.08 Å². The lowest BCUT2D eigenvalue weighted by Crippen LogP contribution is -2.45. The van der Waals surface area contributed by atoms with Crippen molar-refractivity contribution in [1.82, 2.24) is 5.32 Å². The number of nitrogens with zero attached hydrogens (tertiary/aromatic N) is 1. The predicted molar refractivity (Wildman–Crippen MR) is 221 cm³/mol. The van der Waals surface area contributed by atoms with Crippen molar-refractivity contribution in [1.29, 1.82) is 0 Å². The van der Waals surface area contributed by atoms with Crippen molar-refractivity contribution in [3.8, 4) is 0 Å². The Balaban J connectivity index is 4.54. The van der Waals surface area contributed by atoms with E-state index in [1.807, 2.05) is 27.2 Å². The van der Waals surface area contributed by atoms with E-state index in [-0.39, 0.29) is 19.1 Å². The lowest BCUT2D eigenvalue weighted by molar-refractivity contribution is -0.870. The van der Waals surface area contributed by atoms with Crippen LogP contribution in [-0.2, 0) is 18.4 Å². The average molecular weight is 756 g/mol. The molecule has 3 unspecified atom stereocenters. The van der Waals surface area contributed by atoms with Crippen molar-refractivity contribution in [2.24, 2.45) is 0 Å². The van der Waals surface area contributed by atoms with E-state index in [9.17, 15) is 19.4 Å².